The second-order valence-electron chi connectivity index (χ2n) is 5.88. The van der Waals surface area contributed by atoms with Gasteiger partial charge in [-0.05, 0) is 37.1 Å². The van der Waals surface area contributed by atoms with Gasteiger partial charge in [0.25, 0.3) is 5.91 Å². The lowest BCUT2D eigenvalue weighted by Gasteiger charge is -2.12. The molecule has 0 unspecified atom stereocenters. The molecule has 0 saturated carbocycles. The van der Waals surface area contributed by atoms with E-state index in [0.29, 0.717) is 35.5 Å². The van der Waals surface area contributed by atoms with E-state index in [2.05, 4.69) is 16.0 Å². The van der Waals surface area contributed by atoms with E-state index in [1.807, 2.05) is 12.1 Å². The number of ether oxygens (including phenoxy) is 1. The number of hydrogen-bond donors (Lipinski definition) is 3. The highest BCUT2D eigenvalue weighted by molar-refractivity contribution is 5.98. The van der Waals surface area contributed by atoms with Crippen molar-refractivity contribution in [3.05, 3.63) is 59.2 Å². The molecule has 3 amide bonds. The number of urea groups is 1. The van der Waals surface area contributed by atoms with Gasteiger partial charge in [0.05, 0.1) is 12.8 Å². The monoisotopic (exact) mass is 369 g/mol. The molecule has 0 spiro atoms. The Morgan fingerprint density at radius 2 is 1.67 bits per heavy atom. The molecule has 0 bridgehead atoms. The third kappa shape index (κ3) is 5.57. The summed E-state index contributed by atoms with van der Waals surface area (Å²) in [7, 11) is 3.03. The van der Waals surface area contributed by atoms with Gasteiger partial charge in [0.15, 0.2) is 5.78 Å². The van der Waals surface area contributed by atoms with Crippen LogP contribution in [0.3, 0.4) is 0 Å². The first kappa shape index (κ1) is 20.0. The standard InChI is InChI=1S/C20H23N3O4/c1-13(24)15-6-4-14(5-7-15)10-11-22-20(26)23-17-12-16(19(25)21-2)8-9-18(17)27-3/h4-9,12H,10-11H2,1-3H3,(H,21,25)(H2,22,23,26). The molecular weight excluding hydrogens is 346 g/mol. The van der Waals surface area contributed by atoms with Crippen molar-refractivity contribution < 1.29 is 19.1 Å². The minimum atomic E-state index is -0.400. The van der Waals surface area contributed by atoms with E-state index in [1.54, 1.807) is 30.3 Å². The number of anilines is 1. The second-order valence-corrected chi connectivity index (χ2v) is 5.88. The second kappa shape index (κ2) is 9.38. The fourth-order valence-corrected chi connectivity index (χ4v) is 2.48. The average molecular weight is 369 g/mol. The van der Waals surface area contributed by atoms with Crippen LogP contribution in [0, 0.1) is 0 Å². The lowest BCUT2D eigenvalue weighted by molar-refractivity contribution is 0.0961. The molecule has 0 saturated heterocycles. The zero-order chi connectivity index (χ0) is 19.8. The highest BCUT2D eigenvalue weighted by Crippen LogP contribution is 2.25. The van der Waals surface area contributed by atoms with Crippen molar-refractivity contribution in [2.45, 2.75) is 13.3 Å². The molecular formula is C20H23N3O4. The van der Waals surface area contributed by atoms with Gasteiger partial charge in [-0.15, -0.1) is 0 Å². The summed E-state index contributed by atoms with van der Waals surface area (Å²) in [4.78, 5) is 35.2. The molecule has 0 aliphatic rings. The molecule has 142 valence electrons. The highest BCUT2D eigenvalue weighted by atomic mass is 16.5. The summed E-state index contributed by atoms with van der Waals surface area (Å²) in [5.74, 6) is 0.222. The number of carbonyl (C=O) groups is 3. The van der Waals surface area contributed by atoms with E-state index in [0.717, 1.165) is 5.56 Å². The predicted molar refractivity (Wildman–Crippen MR) is 104 cm³/mol. The number of rotatable bonds is 7. The number of hydrogen-bond acceptors (Lipinski definition) is 4. The largest absolute Gasteiger partial charge is 0.495 e. The molecule has 0 aliphatic carbocycles. The Kier molecular flexibility index (Phi) is 6.93. The topological polar surface area (TPSA) is 96.5 Å². The number of Topliss-reactive ketones (excluding diaryl/α,β-unsaturated/α-hetero) is 1. The summed E-state index contributed by atoms with van der Waals surface area (Å²) in [6, 6.07) is 11.7. The third-order valence-corrected chi connectivity index (χ3v) is 4.00. The van der Waals surface area contributed by atoms with Gasteiger partial charge in [0.1, 0.15) is 5.75 Å². The lowest BCUT2D eigenvalue weighted by Crippen LogP contribution is -2.30. The molecule has 7 nitrogen and oxygen atoms in total. The molecule has 7 heteroatoms. The van der Waals surface area contributed by atoms with Crippen molar-refractivity contribution in [3.63, 3.8) is 0 Å². The van der Waals surface area contributed by atoms with E-state index in [9.17, 15) is 14.4 Å². The predicted octanol–water partition coefficient (Wildman–Crippen LogP) is 2.62. The summed E-state index contributed by atoms with van der Waals surface area (Å²) >= 11 is 0. The molecule has 0 radical (unpaired) electrons. The average Bonchev–Trinajstić information content (AvgIpc) is 2.67. The zero-order valence-electron chi connectivity index (χ0n) is 15.6. The van der Waals surface area contributed by atoms with Gasteiger partial charge in [-0.3, -0.25) is 9.59 Å². The maximum absolute atomic E-state index is 12.1. The normalized spacial score (nSPS) is 10.0. The summed E-state index contributed by atoms with van der Waals surface area (Å²) in [5.41, 5.74) is 2.49. The molecule has 2 aromatic rings. The van der Waals surface area contributed by atoms with Crippen LogP contribution in [0.15, 0.2) is 42.5 Å². The van der Waals surface area contributed by atoms with Crippen LogP contribution < -0.4 is 20.7 Å². The molecule has 2 rings (SSSR count). The molecule has 0 atom stereocenters. The van der Waals surface area contributed by atoms with Gasteiger partial charge >= 0.3 is 6.03 Å². The Hall–Kier alpha value is -3.35. The summed E-state index contributed by atoms with van der Waals surface area (Å²) < 4.78 is 5.22. The fraction of sp³-hybridized carbons (Fsp3) is 0.250. The molecule has 2 aromatic carbocycles. The van der Waals surface area contributed by atoms with Crippen molar-refractivity contribution in [1.82, 2.24) is 10.6 Å². The number of benzene rings is 2. The molecule has 0 aliphatic heterocycles. The minimum absolute atomic E-state index is 0.0204. The smallest absolute Gasteiger partial charge is 0.319 e. The summed E-state index contributed by atoms with van der Waals surface area (Å²) in [6.45, 7) is 1.94. The zero-order valence-corrected chi connectivity index (χ0v) is 15.6. The van der Waals surface area contributed by atoms with E-state index in [1.165, 1.54) is 21.1 Å². The van der Waals surface area contributed by atoms with E-state index in [-0.39, 0.29) is 11.7 Å². The van der Waals surface area contributed by atoms with Crippen molar-refractivity contribution in [2.75, 3.05) is 26.0 Å². The quantitative estimate of drug-likeness (QED) is 0.654. The van der Waals surface area contributed by atoms with Gasteiger partial charge < -0.3 is 20.7 Å². The van der Waals surface area contributed by atoms with Crippen LogP contribution in [0.2, 0.25) is 0 Å². The third-order valence-electron chi connectivity index (χ3n) is 4.00. The number of amides is 3. The maximum Gasteiger partial charge on any atom is 0.319 e. The minimum Gasteiger partial charge on any atom is -0.495 e. The number of methoxy groups -OCH3 is 1. The lowest BCUT2D eigenvalue weighted by atomic mass is 10.1. The van der Waals surface area contributed by atoms with Crippen LogP contribution in [-0.2, 0) is 6.42 Å². The Labute approximate surface area is 158 Å². The first-order chi connectivity index (χ1) is 12.9. The fourth-order valence-electron chi connectivity index (χ4n) is 2.48. The first-order valence-electron chi connectivity index (χ1n) is 8.49. The molecule has 3 N–H and O–H groups in total. The Morgan fingerprint density at radius 1 is 1.00 bits per heavy atom. The van der Waals surface area contributed by atoms with Crippen LogP contribution in [0.5, 0.6) is 5.75 Å². The molecule has 0 fully saturated rings. The van der Waals surface area contributed by atoms with Crippen LogP contribution in [-0.4, -0.2) is 38.4 Å². The Balaban J connectivity index is 1.93. The van der Waals surface area contributed by atoms with Gasteiger partial charge in [0.2, 0.25) is 0 Å². The molecule has 0 aromatic heterocycles. The van der Waals surface area contributed by atoms with E-state index >= 15 is 0 Å². The van der Waals surface area contributed by atoms with Crippen molar-refractivity contribution in [3.8, 4) is 5.75 Å². The Bertz CT molecular complexity index is 832. The number of ketones is 1. The summed E-state index contributed by atoms with van der Waals surface area (Å²) in [5, 5.41) is 7.98. The van der Waals surface area contributed by atoms with Gasteiger partial charge in [0, 0.05) is 24.7 Å². The number of nitrogens with one attached hydrogen (secondary N) is 3. The SMILES string of the molecule is CNC(=O)c1ccc(OC)c(NC(=O)NCCc2ccc(C(C)=O)cc2)c1. The molecule has 0 heterocycles. The first-order valence-corrected chi connectivity index (χ1v) is 8.49. The van der Waals surface area contributed by atoms with Crippen LogP contribution in [0.25, 0.3) is 0 Å². The highest BCUT2D eigenvalue weighted by Gasteiger charge is 2.11. The summed E-state index contributed by atoms with van der Waals surface area (Å²) in [6.07, 6.45) is 0.626. The van der Waals surface area contributed by atoms with Crippen molar-refractivity contribution >= 4 is 23.4 Å². The number of carbonyl (C=O) groups excluding carboxylic acids is 3. The van der Waals surface area contributed by atoms with E-state index in [4.69, 9.17) is 4.74 Å². The van der Waals surface area contributed by atoms with Crippen LogP contribution in [0.4, 0.5) is 10.5 Å². The maximum atomic E-state index is 12.1. The van der Waals surface area contributed by atoms with Crippen LogP contribution in [0.1, 0.15) is 33.2 Å². The molecule has 27 heavy (non-hydrogen) atoms. The van der Waals surface area contributed by atoms with Gasteiger partial charge in [-0.25, -0.2) is 4.79 Å². The van der Waals surface area contributed by atoms with Crippen LogP contribution >= 0.6 is 0 Å². The van der Waals surface area contributed by atoms with E-state index < -0.39 is 6.03 Å². The van der Waals surface area contributed by atoms with Gasteiger partial charge in [-0.1, -0.05) is 24.3 Å². The van der Waals surface area contributed by atoms with Crippen molar-refractivity contribution in [1.29, 1.82) is 0 Å². The Morgan fingerprint density at radius 3 is 2.26 bits per heavy atom. The van der Waals surface area contributed by atoms with Gasteiger partial charge in [-0.2, -0.15) is 0 Å². The van der Waals surface area contributed by atoms with Crippen molar-refractivity contribution in [2.24, 2.45) is 0 Å².